The summed E-state index contributed by atoms with van der Waals surface area (Å²) in [6.07, 6.45) is 0. The molecule has 0 saturated carbocycles. The Labute approximate surface area is 114 Å². The van der Waals surface area contributed by atoms with Crippen LogP contribution in [0.3, 0.4) is 0 Å². The lowest BCUT2D eigenvalue weighted by Crippen LogP contribution is -2.14. The van der Waals surface area contributed by atoms with Crippen molar-refractivity contribution in [2.75, 3.05) is 13.7 Å². The summed E-state index contributed by atoms with van der Waals surface area (Å²) in [5, 5.41) is 3.99. The number of aryl methyl sites for hydroxylation is 2. The Morgan fingerprint density at radius 1 is 1.20 bits per heavy atom. The van der Waals surface area contributed by atoms with Gasteiger partial charge in [0.25, 0.3) is 11.6 Å². The topological polar surface area (TPSA) is 95.7 Å². The van der Waals surface area contributed by atoms with E-state index in [0.717, 1.165) is 0 Å². The second-order valence-electron chi connectivity index (χ2n) is 4.02. The third-order valence-electron chi connectivity index (χ3n) is 2.75. The molecule has 0 amide bonds. The number of methoxy groups -OCH3 is 1. The second kappa shape index (κ2) is 5.24. The molecule has 0 N–H and O–H groups in total. The summed E-state index contributed by atoms with van der Waals surface area (Å²) < 4.78 is 10.9. The number of ether oxygens (including phenoxy) is 2. The molecule has 0 aliphatic rings. The molecular weight excluding hydrogens is 264 g/mol. The van der Waals surface area contributed by atoms with Gasteiger partial charge in [0.05, 0.1) is 25.1 Å². The number of rotatable bonds is 3. The average Bonchev–Trinajstić information content (AvgIpc) is 2.82. The van der Waals surface area contributed by atoms with E-state index >= 15 is 0 Å². The first-order chi connectivity index (χ1) is 9.49. The molecule has 8 heteroatoms. The summed E-state index contributed by atoms with van der Waals surface area (Å²) in [6.45, 7) is 5.34. The van der Waals surface area contributed by atoms with Gasteiger partial charge in [-0.05, 0) is 20.8 Å². The van der Waals surface area contributed by atoms with Gasteiger partial charge in [0.1, 0.15) is 5.56 Å². The lowest BCUT2D eigenvalue weighted by atomic mass is 10.2. The van der Waals surface area contributed by atoms with E-state index in [2.05, 4.69) is 19.8 Å². The van der Waals surface area contributed by atoms with Gasteiger partial charge in [-0.2, -0.15) is 9.50 Å². The van der Waals surface area contributed by atoms with Gasteiger partial charge < -0.3 is 9.47 Å². The first-order valence-corrected chi connectivity index (χ1v) is 5.99. The summed E-state index contributed by atoms with van der Waals surface area (Å²) >= 11 is 0. The first kappa shape index (κ1) is 13.9. The van der Waals surface area contributed by atoms with Crippen LogP contribution in [0.5, 0.6) is 0 Å². The molecule has 0 atom stereocenters. The molecule has 2 aromatic heterocycles. The van der Waals surface area contributed by atoms with Crippen molar-refractivity contribution in [2.24, 2.45) is 0 Å². The molecular formula is C12H14N4O4. The van der Waals surface area contributed by atoms with Crippen molar-refractivity contribution in [3.63, 3.8) is 0 Å². The molecule has 0 fully saturated rings. The number of aromatic nitrogens is 4. The number of hydrogen-bond acceptors (Lipinski definition) is 7. The zero-order valence-electron chi connectivity index (χ0n) is 11.6. The van der Waals surface area contributed by atoms with Crippen LogP contribution < -0.4 is 0 Å². The molecule has 0 spiro atoms. The molecule has 8 nitrogen and oxygen atoms in total. The van der Waals surface area contributed by atoms with E-state index in [4.69, 9.17) is 4.74 Å². The maximum Gasteiger partial charge on any atom is 0.378 e. The van der Waals surface area contributed by atoms with Gasteiger partial charge in [-0.15, -0.1) is 5.10 Å². The van der Waals surface area contributed by atoms with Crippen LogP contribution in [0, 0.1) is 13.8 Å². The van der Waals surface area contributed by atoms with E-state index in [-0.39, 0.29) is 18.2 Å². The Bertz CT molecular complexity index is 692. The van der Waals surface area contributed by atoms with Crippen LogP contribution in [0.15, 0.2) is 0 Å². The van der Waals surface area contributed by atoms with Crippen molar-refractivity contribution < 1.29 is 19.1 Å². The van der Waals surface area contributed by atoms with Crippen molar-refractivity contribution in [3.05, 3.63) is 22.8 Å². The molecule has 0 aromatic carbocycles. The minimum absolute atomic E-state index is 0.108. The largest absolute Gasteiger partial charge is 0.463 e. The zero-order chi connectivity index (χ0) is 14.9. The molecule has 2 heterocycles. The smallest absolute Gasteiger partial charge is 0.378 e. The average molecular weight is 278 g/mol. The van der Waals surface area contributed by atoms with Crippen molar-refractivity contribution in [1.29, 1.82) is 0 Å². The van der Waals surface area contributed by atoms with Gasteiger partial charge in [0.2, 0.25) is 0 Å². The van der Waals surface area contributed by atoms with Crippen LogP contribution in [0.2, 0.25) is 0 Å². The molecule has 0 saturated heterocycles. The maximum absolute atomic E-state index is 11.9. The highest BCUT2D eigenvalue weighted by Crippen LogP contribution is 2.15. The minimum atomic E-state index is -0.662. The predicted octanol–water partition coefficient (Wildman–Crippen LogP) is 0.704. The third-order valence-corrected chi connectivity index (χ3v) is 2.75. The van der Waals surface area contributed by atoms with Crippen molar-refractivity contribution in [3.8, 4) is 0 Å². The lowest BCUT2D eigenvalue weighted by Gasteiger charge is -2.08. The van der Waals surface area contributed by atoms with E-state index in [0.29, 0.717) is 17.0 Å². The fraction of sp³-hybridized carbons (Fsp3) is 0.417. The zero-order valence-corrected chi connectivity index (χ0v) is 11.6. The number of carbonyl (C=O) groups is 2. The lowest BCUT2D eigenvalue weighted by molar-refractivity contribution is 0.0522. The fourth-order valence-corrected chi connectivity index (χ4v) is 1.85. The third kappa shape index (κ3) is 2.20. The van der Waals surface area contributed by atoms with E-state index in [9.17, 15) is 9.59 Å². The van der Waals surface area contributed by atoms with Gasteiger partial charge in [0.15, 0.2) is 0 Å². The van der Waals surface area contributed by atoms with Crippen LogP contribution in [0.1, 0.15) is 39.3 Å². The van der Waals surface area contributed by atoms with Gasteiger partial charge >= 0.3 is 11.9 Å². The number of fused-ring (bicyclic) bond motifs is 1. The normalized spacial score (nSPS) is 10.6. The summed E-state index contributed by atoms with van der Waals surface area (Å²) in [7, 11) is 1.24. The monoisotopic (exact) mass is 278 g/mol. The van der Waals surface area contributed by atoms with Crippen molar-refractivity contribution in [2.45, 2.75) is 20.8 Å². The molecule has 0 unspecified atom stereocenters. The fourth-order valence-electron chi connectivity index (χ4n) is 1.85. The molecule has 106 valence electrons. The number of esters is 2. The van der Waals surface area contributed by atoms with Crippen LogP contribution in [0.4, 0.5) is 0 Å². The van der Waals surface area contributed by atoms with Gasteiger partial charge in [-0.3, -0.25) is 0 Å². The molecule has 0 radical (unpaired) electrons. The molecule has 0 bridgehead atoms. The summed E-state index contributed by atoms with van der Waals surface area (Å²) in [4.78, 5) is 31.5. The van der Waals surface area contributed by atoms with E-state index in [1.807, 2.05) is 0 Å². The number of carbonyl (C=O) groups excluding carboxylic acids is 2. The summed E-state index contributed by atoms with van der Waals surface area (Å²) in [6, 6.07) is 0. The number of hydrogen-bond donors (Lipinski definition) is 0. The summed E-state index contributed by atoms with van der Waals surface area (Å²) in [5.74, 6) is -1.02. The quantitative estimate of drug-likeness (QED) is 0.762. The summed E-state index contributed by atoms with van der Waals surface area (Å²) in [5.41, 5.74) is 1.30. The molecule has 2 rings (SSSR count). The Kier molecular flexibility index (Phi) is 3.64. The standard InChI is InChI=1S/C12H14N4O4/c1-5-20-10(17)8-6(2)13-12-14-9(11(18)19-4)15-16(12)7(8)3/h5H2,1-4H3. The van der Waals surface area contributed by atoms with Crippen molar-refractivity contribution in [1.82, 2.24) is 19.6 Å². The maximum atomic E-state index is 11.9. The highest BCUT2D eigenvalue weighted by Gasteiger charge is 2.21. The van der Waals surface area contributed by atoms with Crippen LogP contribution in [0.25, 0.3) is 5.78 Å². The van der Waals surface area contributed by atoms with Gasteiger partial charge in [-0.25, -0.2) is 14.6 Å². The second-order valence-corrected chi connectivity index (χ2v) is 4.02. The van der Waals surface area contributed by atoms with E-state index < -0.39 is 11.9 Å². The van der Waals surface area contributed by atoms with Gasteiger partial charge in [-0.1, -0.05) is 0 Å². The highest BCUT2D eigenvalue weighted by molar-refractivity contribution is 5.92. The Balaban J connectivity index is 2.62. The number of nitrogens with zero attached hydrogens (tertiary/aromatic N) is 4. The highest BCUT2D eigenvalue weighted by atomic mass is 16.5. The molecule has 2 aromatic rings. The Morgan fingerprint density at radius 3 is 2.50 bits per heavy atom. The van der Waals surface area contributed by atoms with Crippen molar-refractivity contribution >= 4 is 17.7 Å². The Morgan fingerprint density at radius 2 is 1.90 bits per heavy atom. The minimum Gasteiger partial charge on any atom is -0.463 e. The van der Waals surface area contributed by atoms with Gasteiger partial charge in [0, 0.05) is 0 Å². The van der Waals surface area contributed by atoms with Crippen LogP contribution in [-0.4, -0.2) is 45.2 Å². The SMILES string of the molecule is CCOC(=O)c1c(C)nc2nc(C(=O)OC)nn2c1C. The van der Waals surface area contributed by atoms with E-state index in [1.165, 1.54) is 11.6 Å². The van der Waals surface area contributed by atoms with E-state index in [1.54, 1.807) is 20.8 Å². The molecule has 20 heavy (non-hydrogen) atoms. The Hall–Kier alpha value is -2.51. The molecule has 0 aliphatic heterocycles. The first-order valence-electron chi connectivity index (χ1n) is 5.99. The predicted molar refractivity (Wildman–Crippen MR) is 67.6 cm³/mol. The molecule has 0 aliphatic carbocycles. The van der Waals surface area contributed by atoms with Crippen LogP contribution in [-0.2, 0) is 9.47 Å². The van der Waals surface area contributed by atoms with Crippen LogP contribution >= 0.6 is 0 Å².